The molecule has 0 saturated heterocycles. The van der Waals surface area contributed by atoms with Crippen LogP contribution in [0.5, 0.6) is 0 Å². The van der Waals surface area contributed by atoms with Crippen LogP contribution in [0.15, 0.2) is 42.5 Å². The molecule has 1 heterocycles. The molecular weight excluding hydrogens is 135 g/mol. The van der Waals surface area contributed by atoms with E-state index >= 15 is 0 Å². The summed E-state index contributed by atoms with van der Waals surface area (Å²) in [5.41, 5.74) is 1.15. The average Bonchev–Trinajstić information content (AvgIpc) is 2.58. The summed E-state index contributed by atoms with van der Waals surface area (Å²) in [5, 5.41) is 5.03. The van der Waals surface area contributed by atoms with Gasteiger partial charge in [0.1, 0.15) is 0 Å². The van der Waals surface area contributed by atoms with Crippen LogP contribution in [-0.2, 0) is 0 Å². The summed E-state index contributed by atoms with van der Waals surface area (Å²) in [7, 11) is 1.90. The van der Waals surface area contributed by atoms with Gasteiger partial charge in [0, 0.05) is 6.20 Å². The number of hydrazine groups is 1. The number of hydrogen-bond donors (Lipinski definition) is 1. The highest BCUT2D eigenvalue weighted by Gasteiger charge is 2.04. The van der Waals surface area contributed by atoms with Crippen LogP contribution in [0.1, 0.15) is 0 Å². The van der Waals surface area contributed by atoms with Gasteiger partial charge in [0.05, 0.1) is 5.69 Å². The van der Waals surface area contributed by atoms with E-state index in [0.717, 1.165) is 5.69 Å². The standard InChI is InChI=1S/C8H8BN2/c1-2-4-8(5-3-1)11-7-6-9-10-11/h1-7,10H. The topological polar surface area (TPSA) is 15.3 Å². The molecule has 1 aromatic carbocycles. The molecule has 1 N–H and O–H groups in total. The zero-order chi connectivity index (χ0) is 7.52. The molecule has 0 aliphatic carbocycles. The zero-order valence-electron chi connectivity index (χ0n) is 6.07. The Balaban J connectivity index is 2.23. The summed E-state index contributed by atoms with van der Waals surface area (Å²) in [6, 6.07) is 10.1. The number of para-hydroxylation sites is 1. The molecule has 3 heteroatoms. The monoisotopic (exact) mass is 143 g/mol. The van der Waals surface area contributed by atoms with E-state index in [0.29, 0.717) is 0 Å². The lowest BCUT2D eigenvalue weighted by atomic mass is 10.00. The second kappa shape index (κ2) is 2.80. The molecule has 0 unspecified atom stereocenters. The van der Waals surface area contributed by atoms with Gasteiger partial charge in [-0.15, -0.1) is 0 Å². The Morgan fingerprint density at radius 1 is 1.18 bits per heavy atom. The van der Waals surface area contributed by atoms with Gasteiger partial charge in [0.25, 0.3) is 7.41 Å². The molecule has 0 aromatic heterocycles. The van der Waals surface area contributed by atoms with Crippen molar-refractivity contribution in [3.05, 3.63) is 42.5 Å². The fourth-order valence-corrected chi connectivity index (χ4v) is 1.04. The highest BCUT2D eigenvalue weighted by atomic mass is 15.5. The Hall–Kier alpha value is -1.22. The van der Waals surface area contributed by atoms with E-state index in [4.69, 9.17) is 0 Å². The molecule has 1 aromatic rings. The minimum absolute atomic E-state index is 1.15. The smallest absolute Gasteiger partial charge is 0.264 e. The van der Waals surface area contributed by atoms with Crippen LogP contribution in [-0.4, -0.2) is 7.41 Å². The molecule has 0 fully saturated rings. The first-order valence-electron chi connectivity index (χ1n) is 3.57. The van der Waals surface area contributed by atoms with E-state index in [-0.39, 0.29) is 0 Å². The van der Waals surface area contributed by atoms with Crippen LogP contribution in [0.25, 0.3) is 0 Å². The number of nitrogens with one attached hydrogen (secondary N) is 1. The Morgan fingerprint density at radius 2 is 2.00 bits per heavy atom. The van der Waals surface area contributed by atoms with Crippen molar-refractivity contribution in [3.63, 3.8) is 0 Å². The summed E-state index contributed by atoms with van der Waals surface area (Å²) < 4.78 is 0. The first-order chi connectivity index (χ1) is 5.47. The van der Waals surface area contributed by atoms with E-state index in [1.54, 1.807) is 0 Å². The Labute approximate surface area is 66.8 Å². The van der Waals surface area contributed by atoms with Crippen LogP contribution < -0.4 is 10.3 Å². The molecule has 0 saturated carbocycles. The largest absolute Gasteiger partial charge is 0.296 e. The van der Waals surface area contributed by atoms with Gasteiger partial charge in [-0.05, 0) is 12.1 Å². The number of hydrogen-bond acceptors (Lipinski definition) is 2. The number of anilines is 1. The second-order valence-corrected chi connectivity index (χ2v) is 2.34. The van der Waals surface area contributed by atoms with Crippen molar-refractivity contribution in [2.24, 2.45) is 0 Å². The molecular formula is C8H8BN2. The third-order valence-electron chi connectivity index (χ3n) is 1.58. The Kier molecular flexibility index (Phi) is 1.65. The van der Waals surface area contributed by atoms with E-state index in [1.165, 1.54) is 0 Å². The number of benzene rings is 1. The molecule has 0 atom stereocenters. The Bertz CT molecular complexity index is 258. The molecule has 0 amide bonds. The lowest BCUT2D eigenvalue weighted by molar-refractivity contribution is 0.986. The van der Waals surface area contributed by atoms with Gasteiger partial charge >= 0.3 is 0 Å². The van der Waals surface area contributed by atoms with Crippen molar-refractivity contribution < 1.29 is 0 Å². The maximum Gasteiger partial charge on any atom is 0.264 e. The summed E-state index contributed by atoms with van der Waals surface area (Å²) in [4.78, 5) is 0. The number of nitrogens with zero attached hydrogens (tertiary/aromatic N) is 1. The van der Waals surface area contributed by atoms with E-state index in [1.807, 2.05) is 42.8 Å². The van der Waals surface area contributed by atoms with Gasteiger partial charge in [-0.1, -0.05) is 24.2 Å². The fraction of sp³-hybridized carbons (Fsp3) is 0. The highest BCUT2D eigenvalue weighted by molar-refractivity contribution is 6.40. The van der Waals surface area contributed by atoms with Gasteiger partial charge in [0.2, 0.25) is 0 Å². The molecule has 0 spiro atoms. The fourth-order valence-electron chi connectivity index (χ4n) is 1.04. The predicted molar refractivity (Wildman–Crippen MR) is 47.0 cm³/mol. The molecule has 1 aliphatic rings. The Morgan fingerprint density at radius 3 is 2.64 bits per heavy atom. The molecule has 0 bridgehead atoms. The van der Waals surface area contributed by atoms with Crippen molar-refractivity contribution >= 4 is 13.1 Å². The normalized spacial score (nSPS) is 15.1. The lowest BCUT2D eigenvalue weighted by Crippen LogP contribution is -2.29. The van der Waals surface area contributed by atoms with Crippen molar-refractivity contribution in [2.45, 2.75) is 0 Å². The molecule has 2 rings (SSSR count). The lowest BCUT2D eigenvalue weighted by Gasteiger charge is -2.15. The van der Waals surface area contributed by atoms with Gasteiger partial charge < -0.3 is 0 Å². The van der Waals surface area contributed by atoms with Gasteiger partial charge in [-0.25, -0.2) is 0 Å². The van der Waals surface area contributed by atoms with Gasteiger partial charge in [-0.3, -0.25) is 10.3 Å². The second-order valence-electron chi connectivity index (χ2n) is 2.34. The third-order valence-corrected chi connectivity index (χ3v) is 1.58. The van der Waals surface area contributed by atoms with Crippen LogP contribution in [0.2, 0.25) is 0 Å². The summed E-state index contributed by atoms with van der Waals surface area (Å²) in [6.45, 7) is 0. The van der Waals surface area contributed by atoms with Gasteiger partial charge in [-0.2, -0.15) is 0 Å². The van der Waals surface area contributed by atoms with E-state index in [2.05, 4.69) is 17.5 Å². The average molecular weight is 143 g/mol. The first kappa shape index (κ1) is 6.49. The van der Waals surface area contributed by atoms with Crippen LogP contribution >= 0.6 is 0 Å². The van der Waals surface area contributed by atoms with Crippen molar-refractivity contribution in [1.29, 1.82) is 0 Å². The SMILES string of the molecule is [B]1C=CN(c2ccccc2)N1. The quantitative estimate of drug-likeness (QED) is 0.592. The van der Waals surface area contributed by atoms with Crippen LogP contribution in [0.3, 0.4) is 0 Å². The molecule has 2 nitrogen and oxygen atoms in total. The van der Waals surface area contributed by atoms with Crippen LogP contribution in [0.4, 0.5) is 5.69 Å². The van der Waals surface area contributed by atoms with Crippen LogP contribution in [0, 0.1) is 0 Å². The van der Waals surface area contributed by atoms with Crippen molar-refractivity contribution in [3.8, 4) is 0 Å². The van der Waals surface area contributed by atoms with Crippen molar-refractivity contribution in [2.75, 3.05) is 5.01 Å². The summed E-state index contributed by atoms with van der Waals surface area (Å²) in [6.07, 6.45) is 1.98. The number of rotatable bonds is 1. The molecule has 11 heavy (non-hydrogen) atoms. The summed E-state index contributed by atoms with van der Waals surface area (Å²) in [5.74, 6) is 1.97. The maximum absolute atomic E-state index is 3.07. The molecule has 53 valence electrons. The minimum Gasteiger partial charge on any atom is -0.296 e. The third kappa shape index (κ3) is 1.28. The maximum atomic E-state index is 3.07. The first-order valence-corrected chi connectivity index (χ1v) is 3.57. The van der Waals surface area contributed by atoms with Gasteiger partial charge in [0.15, 0.2) is 0 Å². The zero-order valence-corrected chi connectivity index (χ0v) is 6.07. The minimum atomic E-state index is 1.15. The van der Waals surface area contributed by atoms with E-state index in [9.17, 15) is 0 Å². The van der Waals surface area contributed by atoms with E-state index < -0.39 is 0 Å². The summed E-state index contributed by atoms with van der Waals surface area (Å²) >= 11 is 0. The highest BCUT2D eigenvalue weighted by Crippen LogP contribution is 2.12. The predicted octanol–water partition coefficient (Wildman–Crippen LogP) is 1.10. The molecule has 1 aliphatic heterocycles. The van der Waals surface area contributed by atoms with Crippen molar-refractivity contribution in [1.82, 2.24) is 5.34 Å². The molecule has 1 radical (unpaired) electrons.